The predicted octanol–water partition coefficient (Wildman–Crippen LogP) is 2.72. The maximum atomic E-state index is 11.3. The maximum Gasteiger partial charge on any atom is 0.222 e. The van der Waals surface area contributed by atoms with Gasteiger partial charge < -0.3 is 5.32 Å². The zero-order chi connectivity index (χ0) is 10.6. The largest absolute Gasteiger partial charge is 0.352 e. The second kappa shape index (κ2) is 5.15. The van der Waals surface area contributed by atoms with Gasteiger partial charge >= 0.3 is 0 Å². The van der Waals surface area contributed by atoms with Gasteiger partial charge in [0.2, 0.25) is 5.91 Å². The van der Waals surface area contributed by atoms with Crippen molar-refractivity contribution < 1.29 is 4.79 Å². The van der Waals surface area contributed by atoms with Crippen LogP contribution in [0.25, 0.3) is 0 Å². The van der Waals surface area contributed by atoms with Crippen molar-refractivity contribution in [2.45, 2.75) is 20.4 Å². The Labute approximate surface area is 92.8 Å². The second-order valence-corrected chi connectivity index (χ2v) is 4.32. The van der Waals surface area contributed by atoms with E-state index in [-0.39, 0.29) is 11.8 Å². The molecule has 3 heteroatoms. The highest BCUT2D eigenvalue weighted by atomic mass is 79.9. The van der Waals surface area contributed by atoms with E-state index in [1.54, 1.807) is 0 Å². The summed E-state index contributed by atoms with van der Waals surface area (Å²) in [5, 5.41) is 2.87. The lowest BCUT2D eigenvalue weighted by atomic mass is 10.2. The average Bonchev–Trinajstić information content (AvgIpc) is 2.16. The van der Waals surface area contributed by atoms with Crippen molar-refractivity contribution in [2.75, 3.05) is 0 Å². The fourth-order valence-corrected chi connectivity index (χ4v) is 1.45. The van der Waals surface area contributed by atoms with Gasteiger partial charge in [0.05, 0.1) is 0 Å². The molecule has 1 aromatic carbocycles. The van der Waals surface area contributed by atoms with E-state index in [4.69, 9.17) is 0 Å². The van der Waals surface area contributed by atoms with E-state index in [1.165, 1.54) is 0 Å². The third-order valence-electron chi connectivity index (χ3n) is 1.94. The summed E-state index contributed by atoms with van der Waals surface area (Å²) >= 11 is 3.43. The van der Waals surface area contributed by atoms with Crippen LogP contribution < -0.4 is 5.32 Å². The average molecular weight is 256 g/mol. The molecule has 0 fully saturated rings. The SMILES string of the molecule is CC(C)C(=O)NCc1ccccc1Br. The van der Waals surface area contributed by atoms with E-state index < -0.39 is 0 Å². The summed E-state index contributed by atoms with van der Waals surface area (Å²) in [7, 11) is 0. The highest BCUT2D eigenvalue weighted by Gasteiger charge is 2.06. The molecule has 0 bridgehead atoms. The van der Waals surface area contributed by atoms with Crippen LogP contribution in [0.2, 0.25) is 0 Å². The molecular formula is C11H14BrNO. The molecule has 0 unspecified atom stereocenters. The van der Waals surface area contributed by atoms with Gasteiger partial charge in [-0.05, 0) is 11.6 Å². The fraction of sp³-hybridized carbons (Fsp3) is 0.364. The summed E-state index contributed by atoms with van der Waals surface area (Å²) in [6.07, 6.45) is 0. The molecule has 1 aromatic rings. The van der Waals surface area contributed by atoms with Crippen molar-refractivity contribution >= 4 is 21.8 Å². The van der Waals surface area contributed by atoms with Crippen LogP contribution in [0.4, 0.5) is 0 Å². The molecule has 0 saturated heterocycles. The van der Waals surface area contributed by atoms with Crippen molar-refractivity contribution in [3.8, 4) is 0 Å². The molecule has 0 aliphatic rings. The van der Waals surface area contributed by atoms with Crippen LogP contribution in [0.5, 0.6) is 0 Å². The Kier molecular flexibility index (Phi) is 4.14. The molecule has 14 heavy (non-hydrogen) atoms. The second-order valence-electron chi connectivity index (χ2n) is 3.46. The number of hydrogen-bond donors (Lipinski definition) is 1. The predicted molar refractivity (Wildman–Crippen MR) is 60.8 cm³/mol. The molecular weight excluding hydrogens is 242 g/mol. The van der Waals surface area contributed by atoms with Gasteiger partial charge in [-0.1, -0.05) is 48.0 Å². The normalized spacial score (nSPS) is 10.3. The Morgan fingerprint density at radius 1 is 1.43 bits per heavy atom. The number of hydrogen-bond acceptors (Lipinski definition) is 1. The van der Waals surface area contributed by atoms with E-state index in [1.807, 2.05) is 38.1 Å². The third-order valence-corrected chi connectivity index (χ3v) is 2.71. The van der Waals surface area contributed by atoms with Gasteiger partial charge in [-0.2, -0.15) is 0 Å². The summed E-state index contributed by atoms with van der Waals surface area (Å²) in [6.45, 7) is 4.35. The molecule has 0 saturated carbocycles. The topological polar surface area (TPSA) is 29.1 Å². The molecule has 0 atom stereocenters. The minimum atomic E-state index is 0.0393. The number of nitrogens with one attached hydrogen (secondary N) is 1. The van der Waals surface area contributed by atoms with Crippen LogP contribution in [0.1, 0.15) is 19.4 Å². The summed E-state index contributed by atoms with van der Waals surface area (Å²) in [4.78, 5) is 11.3. The maximum absolute atomic E-state index is 11.3. The lowest BCUT2D eigenvalue weighted by molar-refractivity contribution is -0.124. The van der Waals surface area contributed by atoms with Crippen LogP contribution in [0.15, 0.2) is 28.7 Å². The molecule has 0 aliphatic heterocycles. The molecule has 0 radical (unpaired) electrons. The lowest BCUT2D eigenvalue weighted by Crippen LogP contribution is -2.27. The van der Waals surface area contributed by atoms with E-state index >= 15 is 0 Å². The van der Waals surface area contributed by atoms with E-state index in [0.29, 0.717) is 6.54 Å². The Hall–Kier alpha value is -0.830. The van der Waals surface area contributed by atoms with Gasteiger partial charge in [0.15, 0.2) is 0 Å². The van der Waals surface area contributed by atoms with Gasteiger partial charge in [-0.3, -0.25) is 4.79 Å². The highest BCUT2D eigenvalue weighted by Crippen LogP contribution is 2.15. The van der Waals surface area contributed by atoms with Crippen molar-refractivity contribution in [1.82, 2.24) is 5.32 Å². The fourth-order valence-electron chi connectivity index (χ4n) is 1.03. The molecule has 1 rings (SSSR count). The van der Waals surface area contributed by atoms with Crippen LogP contribution in [0, 0.1) is 5.92 Å². The third kappa shape index (κ3) is 3.14. The van der Waals surface area contributed by atoms with Gasteiger partial charge in [0.25, 0.3) is 0 Å². The molecule has 1 N–H and O–H groups in total. The van der Waals surface area contributed by atoms with Crippen molar-refractivity contribution in [1.29, 1.82) is 0 Å². The lowest BCUT2D eigenvalue weighted by Gasteiger charge is -2.08. The number of benzene rings is 1. The van der Waals surface area contributed by atoms with E-state index in [2.05, 4.69) is 21.2 Å². The number of halogens is 1. The molecule has 76 valence electrons. The minimum absolute atomic E-state index is 0.0393. The quantitative estimate of drug-likeness (QED) is 0.885. The highest BCUT2D eigenvalue weighted by molar-refractivity contribution is 9.10. The molecule has 1 amide bonds. The van der Waals surface area contributed by atoms with Gasteiger partial charge in [0.1, 0.15) is 0 Å². The summed E-state index contributed by atoms with van der Waals surface area (Å²) in [5.41, 5.74) is 1.10. The summed E-state index contributed by atoms with van der Waals surface area (Å²) in [5.74, 6) is 0.123. The molecule has 2 nitrogen and oxygen atoms in total. The van der Waals surface area contributed by atoms with Crippen molar-refractivity contribution in [3.05, 3.63) is 34.3 Å². The number of carbonyl (C=O) groups is 1. The first-order chi connectivity index (χ1) is 6.61. The van der Waals surface area contributed by atoms with Gasteiger partial charge in [0, 0.05) is 16.9 Å². The molecule has 0 spiro atoms. The standard InChI is InChI=1S/C11H14BrNO/c1-8(2)11(14)13-7-9-5-3-4-6-10(9)12/h3-6,8H,7H2,1-2H3,(H,13,14). The van der Waals surface area contributed by atoms with E-state index in [0.717, 1.165) is 10.0 Å². The van der Waals surface area contributed by atoms with Crippen LogP contribution in [-0.4, -0.2) is 5.91 Å². The monoisotopic (exact) mass is 255 g/mol. The number of carbonyl (C=O) groups excluding carboxylic acids is 1. The van der Waals surface area contributed by atoms with Crippen LogP contribution in [0.3, 0.4) is 0 Å². The first kappa shape index (κ1) is 11.2. The Balaban J connectivity index is 2.54. The molecule has 0 heterocycles. The Bertz CT molecular complexity index is 323. The molecule has 0 aromatic heterocycles. The number of rotatable bonds is 3. The van der Waals surface area contributed by atoms with Gasteiger partial charge in [-0.25, -0.2) is 0 Å². The Morgan fingerprint density at radius 2 is 2.07 bits per heavy atom. The van der Waals surface area contributed by atoms with Crippen LogP contribution >= 0.6 is 15.9 Å². The van der Waals surface area contributed by atoms with E-state index in [9.17, 15) is 4.79 Å². The van der Waals surface area contributed by atoms with Gasteiger partial charge in [-0.15, -0.1) is 0 Å². The van der Waals surface area contributed by atoms with Crippen LogP contribution in [-0.2, 0) is 11.3 Å². The summed E-state index contributed by atoms with van der Waals surface area (Å²) < 4.78 is 1.03. The molecule has 0 aliphatic carbocycles. The minimum Gasteiger partial charge on any atom is -0.352 e. The zero-order valence-electron chi connectivity index (χ0n) is 8.38. The Morgan fingerprint density at radius 3 is 2.64 bits per heavy atom. The smallest absolute Gasteiger partial charge is 0.222 e. The first-order valence-electron chi connectivity index (χ1n) is 4.62. The van der Waals surface area contributed by atoms with Crippen molar-refractivity contribution in [2.24, 2.45) is 5.92 Å². The van der Waals surface area contributed by atoms with Crippen molar-refractivity contribution in [3.63, 3.8) is 0 Å². The number of amides is 1. The first-order valence-corrected chi connectivity index (χ1v) is 5.41. The summed E-state index contributed by atoms with van der Waals surface area (Å²) in [6, 6.07) is 7.88. The zero-order valence-corrected chi connectivity index (χ0v) is 9.97.